The van der Waals surface area contributed by atoms with Crippen molar-refractivity contribution in [3.8, 4) is 11.8 Å². The van der Waals surface area contributed by atoms with Crippen molar-refractivity contribution >= 4 is 5.91 Å². The molecule has 3 heteroatoms. The molecule has 2 N–H and O–H groups in total. The molecule has 0 bridgehead atoms. The van der Waals surface area contributed by atoms with Crippen molar-refractivity contribution in [3.05, 3.63) is 35.4 Å². The molecule has 1 saturated carbocycles. The first-order valence-electron chi connectivity index (χ1n) is 7.67. The number of nitrogens with one attached hydrogen (secondary N) is 1. The maximum atomic E-state index is 12.4. The highest BCUT2D eigenvalue weighted by Gasteiger charge is 2.38. The summed E-state index contributed by atoms with van der Waals surface area (Å²) < 4.78 is 0. The summed E-state index contributed by atoms with van der Waals surface area (Å²) in [4.78, 5) is 12.4. The summed E-state index contributed by atoms with van der Waals surface area (Å²) in [6.45, 7) is 2.55. The van der Waals surface area contributed by atoms with Crippen LogP contribution >= 0.6 is 0 Å². The third-order valence-electron chi connectivity index (χ3n) is 4.44. The van der Waals surface area contributed by atoms with Gasteiger partial charge in [0.25, 0.3) is 0 Å². The first-order chi connectivity index (χ1) is 10.2. The molecule has 0 atom stereocenters. The van der Waals surface area contributed by atoms with Gasteiger partial charge in [-0.1, -0.05) is 43.7 Å². The van der Waals surface area contributed by atoms with E-state index in [-0.39, 0.29) is 17.9 Å². The SMILES string of the molecule is CCC1(C(=O)NCc2ccc(C#CCO)cc2)CCCC1. The van der Waals surface area contributed by atoms with E-state index in [2.05, 4.69) is 24.1 Å². The number of benzene rings is 1. The van der Waals surface area contributed by atoms with Gasteiger partial charge in [-0.15, -0.1) is 0 Å². The van der Waals surface area contributed by atoms with Crippen LogP contribution in [-0.2, 0) is 11.3 Å². The summed E-state index contributed by atoms with van der Waals surface area (Å²) in [7, 11) is 0. The van der Waals surface area contributed by atoms with Crippen LogP contribution in [0, 0.1) is 17.3 Å². The minimum absolute atomic E-state index is 0.128. The molecule has 0 saturated heterocycles. The Hall–Kier alpha value is -1.79. The number of aliphatic hydroxyl groups excluding tert-OH is 1. The largest absolute Gasteiger partial charge is 0.384 e. The summed E-state index contributed by atoms with van der Waals surface area (Å²) in [5.74, 6) is 5.68. The minimum Gasteiger partial charge on any atom is -0.384 e. The van der Waals surface area contributed by atoms with Gasteiger partial charge < -0.3 is 10.4 Å². The summed E-state index contributed by atoms with van der Waals surface area (Å²) in [5, 5.41) is 11.7. The Balaban J connectivity index is 1.92. The van der Waals surface area contributed by atoms with Crippen LogP contribution in [-0.4, -0.2) is 17.6 Å². The molecule has 21 heavy (non-hydrogen) atoms. The number of hydrogen-bond donors (Lipinski definition) is 2. The number of amides is 1. The fourth-order valence-electron chi connectivity index (χ4n) is 3.01. The Morgan fingerprint density at radius 1 is 1.29 bits per heavy atom. The fraction of sp³-hybridized carbons (Fsp3) is 0.500. The van der Waals surface area contributed by atoms with Gasteiger partial charge >= 0.3 is 0 Å². The molecule has 1 aliphatic rings. The van der Waals surface area contributed by atoms with Crippen molar-refractivity contribution in [3.63, 3.8) is 0 Å². The van der Waals surface area contributed by atoms with E-state index in [9.17, 15) is 4.79 Å². The molecule has 112 valence electrons. The van der Waals surface area contributed by atoms with Gasteiger partial charge in [0.1, 0.15) is 6.61 Å². The number of hydrogen-bond acceptors (Lipinski definition) is 2. The molecule has 2 rings (SSSR count). The molecule has 0 aromatic heterocycles. The minimum atomic E-state index is -0.132. The molecule has 1 amide bonds. The van der Waals surface area contributed by atoms with E-state index in [0.717, 1.165) is 30.4 Å². The van der Waals surface area contributed by atoms with Crippen molar-refractivity contribution in [2.24, 2.45) is 5.41 Å². The Morgan fingerprint density at radius 3 is 2.52 bits per heavy atom. The first-order valence-corrected chi connectivity index (χ1v) is 7.67. The van der Waals surface area contributed by atoms with Gasteiger partial charge in [0.15, 0.2) is 0 Å². The zero-order chi connectivity index (χ0) is 15.1. The van der Waals surface area contributed by atoms with Crippen molar-refractivity contribution in [2.45, 2.75) is 45.6 Å². The maximum Gasteiger partial charge on any atom is 0.226 e. The van der Waals surface area contributed by atoms with Crippen LogP contribution in [0.2, 0.25) is 0 Å². The van der Waals surface area contributed by atoms with Crippen LogP contribution in [0.5, 0.6) is 0 Å². The Kier molecular flexibility index (Phi) is 5.41. The van der Waals surface area contributed by atoms with E-state index in [0.29, 0.717) is 6.54 Å². The predicted octanol–water partition coefficient (Wildman–Crippen LogP) is 2.62. The molecule has 1 fully saturated rings. The molecule has 0 radical (unpaired) electrons. The average molecular weight is 285 g/mol. The Labute approximate surface area is 126 Å². The summed E-state index contributed by atoms with van der Waals surface area (Å²) in [6.07, 6.45) is 5.30. The highest BCUT2D eigenvalue weighted by Crippen LogP contribution is 2.41. The lowest BCUT2D eigenvalue weighted by Crippen LogP contribution is -2.38. The molecule has 3 nitrogen and oxygen atoms in total. The third-order valence-corrected chi connectivity index (χ3v) is 4.44. The van der Waals surface area contributed by atoms with Gasteiger partial charge in [0, 0.05) is 17.5 Å². The van der Waals surface area contributed by atoms with Gasteiger partial charge in [-0.05, 0) is 37.0 Å². The monoisotopic (exact) mass is 285 g/mol. The van der Waals surface area contributed by atoms with E-state index < -0.39 is 0 Å². The van der Waals surface area contributed by atoms with Crippen LogP contribution < -0.4 is 5.32 Å². The molecule has 0 unspecified atom stereocenters. The van der Waals surface area contributed by atoms with Crippen molar-refractivity contribution in [1.29, 1.82) is 0 Å². The van der Waals surface area contributed by atoms with Crippen LogP contribution in [0.3, 0.4) is 0 Å². The lowest BCUT2D eigenvalue weighted by atomic mass is 9.82. The smallest absolute Gasteiger partial charge is 0.226 e. The normalized spacial score (nSPS) is 16.1. The number of carbonyl (C=O) groups is 1. The lowest BCUT2D eigenvalue weighted by molar-refractivity contribution is -0.131. The molecular formula is C18H23NO2. The van der Waals surface area contributed by atoms with E-state index in [1.54, 1.807) is 0 Å². The highest BCUT2D eigenvalue weighted by molar-refractivity contribution is 5.82. The second-order valence-electron chi connectivity index (χ2n) is 5.68. The molecule has 1 aromatic carbocycles. The fourth-order valence-corrected chi connectivity index (χ4v) is 3.01. The zero-order valence-corrected chi connectivity index (χ0v) is 12.6. The number of aliphatic hydroxyl groups is 1. The van der Waals surface area contributed by atoms with Gasteiger partial charge in [-0.2, -0.15) is 0 Å². The van der Waals surface area contributed by atoms with Gasteiger partial charge in [-0.3, -0.25) is 4.79 Å². The highest BCUT2D eigenvalue weighted by atomic mass is 16.2. The van der Waals surface area contributed by atoms with Crippen molar-refractivity contribution < 1.29 is 9.90 Å². The molecule has 0 heterocycles. The number of carbonyl (C=O) groups excluding carboxylic acids is 1. The van der Waals surface area contributed by atoms with Crippen LogP contribution in [0.4, 0.5) is 0 Å². The summed E-state index contributed by atoms with van der Waals surface area (Å²) >= 11 is 0. The van der Waals surface area contributed by atoms with Gasteiger partial charge in [0.05, 0.1) is 0 Å². The second-order valence-corrected chi connectivity index (χ2v) is 5.68. The van der Waals surface area contributed by atoms with E-state index in [4.69, 9.17) is 5.11 Å². The summed E-state index contributed by atoms with van der Waals surface area (Å²) in [5.41, 5.74) is 1.81. The molecule has 1 aliphatic carbocycles. The van der Waals surface area contributed by atoms with Crippen LogP contribution in [0.15, 0.2) is 24.3 Å². The van der Waals surface area contributed by atoms with Gasteiger partial charge in [0.2, 0.25) is 5.91 Å². The van der Waals surface area contributed by atoms with E-state index in [1.165, 1.54) is 12.8 Å². The zero-order valence-electron chi connectivity index (χ0n) is 12.6. The molecule has 0 aliphatic heterocycles. The quantitative estimate of drug-likeness (QED) is 0.836. The molecular weight excluding hydrogens is 262 g/mol. The predicted molar refractivity (Wildman–Crippen MR) is 83.4 cm³/mol. The summed E-state index contributed by atoms with van der Waals surface area (Å²) in [6, 6.07) is 7.76. The lowest BCUT2D eigenvalue weighted by Gasteiger charge is -2.26. The maximum absolute atomic E-state index is 12.4. The van der Waals surface area contributed by atoms with Gasteiger partial charge in [-0.25, -0.2) is 0 Å². The Bertz CT molecular complexity index is 531. The van der Waals surface area contributed by atoms with Crippen LogP contribution in [0.1, 0.15) is 50.2 Å². The molecule has 1 aromatic rings. The third kappa shape index (κ3) is 3.86. The van der Waals surface area contributed by atoms with Crippen molar-refractivity contribution in [2.75, 3.05) is 6.61 Å². The van der Waals surface area contributed by atoms with Crippen molar-refractivity contribution in [1.82, 2.24) is 5.32 Å². The Morgan fingerprint density at radius 2 is 1.95 bits per heavy atom. The average Bonchev–Trinajstić information content (AvgIpc) is 3.02. The second kappa shape index (κ2) is 7.28. The molecule has 0 spiro atoms. The number of rotatable bonds is 4. The topological polar surface area (TPSA) is 49.3 Å². The van der Waals surface area contributed by atoms with Crippen LogP contribution in [0.25, 0.3) is 0 Å². The van der Waals surface area contributed by atoms with E-state index in [1.807, 2.05) is 24.3 Å². The van der Waals surface area contributed by atoms with E-state index >= 15 is 0 Å². The standard InChI is InChI=1S/C18H23NO2/c1-2-18(11-3-4-12-18)17(21)19-14-16-9-7-15(8-10-16)6-5-13-20/h7-10,20H,2-4,11-14H2,1H3,(H,19,21). The first kappa shape index (κ1) is 15.6.